The lowest BCUT2D eigenvalue weighted by molar-refractivity contribution is 0.0880. The molecule has 1 aromatic carbocycles. The number of epoxide rings is 1. The van der Waals surface area contributed by atoms with Gasteiger partial charge in [-0.15, -0.1) is 0 Å². The van der Waals surface area contributed by atoms with Gasteiger partial charge in [0.1, 0.15) is 30.8 Å². The molecule has 3 rings (SSSR count). The highest BCUT2D eigenvalue weighted by atomic mass is 16.6. The molecular formula is C14H18O4. The quantitative estimate of drug-likeness (QED) is 0.523. The van der Waals surface area contributed by atoms with E-state index in [9.17, 15) is 0 Å². The first-order valence-electron chi connectivity index (χ1n) is 6.49. The van der Waals surface area contributed by atoms with Crippen molar-refractivity contribution in [3.8, 4) is 11.5 Å². The molecule has 1 aliphatic heterocycles. The lowest BCUT2D eigenvalue weighted by Gasteiger charge is -2.08. The Labute approximate surface area is 107 Å². The first kappa shape index (κ1) is 11.8. The largest absolute Gasteiger partial charge is 0.491 e. The van der Waals surface area contributed by atoms with Gasteiger partial charge in [0.2, 0.25) is 0 Å². The van der Waals surface area contributed by atoms with E-state index >= 15 is 0 Å². The number of hydrogen-bond donors (Lipinski definition) is 0. The maximum Gasteiger partial charge on any atom is 0.119 e. The monoisotopic (exact) mass is 250 g/mol. The number of hydrogen-bond acceptors (Lipinski definition) is 4. The van der Waals surface area contributed by atoms with Gasteiger partial charge < -0.3 is 18.9 Å². The van der Waals surface area contributed by atoms with Crippen molar-refractivity contribution in [3.63, 3.8) is 0 Å². The fourth-order valence-electron chi connectivity index (χ4n) is 1.59. The van der Waals surface area contributed by atoms with E-state index in [1.807, 2.05) is 24.3 Å². The van der Waals surface area contributed by atoms with Crippen LogP contribution in [0.25, 0.3) is 0 Å². The molecule has 1 aromatic rings. The fraction of sp³-hybridized carbons (Fsp3) is 0.571. The van der Waals surface area contributed by atoms with E-state index in [0.29, 0.717) is 32.0 Å². The van der Waals surface area contributed by atoms with Crippen molar-refractivity contribution in [1.82, 2.24) is 0 Å². The van der Waals surface area contributed by atoms with Gasteiger partial charge in [0, 0.05) is 0 Å². The van der Waals surface area contributed by atoms with Crippen molar-refractivity contribution in [3.05, 3.63) is 24.3 Å². The summed E-state index contributed by atoms with van der Waals surface area (Å²) < 4.78 is 21.7. The zero-order valence-corrected chi connectivity index (χ0v) is 10.3. The van der Waals surface area contributed by atoms with Crippen LogP contribution in [0.15, 0.2) is 24.3 Å². The molecule has 2 fully saturated rings. The molecule has 1 saturated carbocycles. The van der Waals surface area contributed by atoms with Gasteiger partial charge in [-0.25, -0.2) is 0 Å². The molecule has 0 N–H and O–H groups in total. The number of benzene rings is 1. The van der Waals surface area contributed by atoms with Crippen LogP contribution in [0.5, 0.6) is 11.5 Å². The second-order valence-corrected chi connectivity index (χ2v) is 4.66. The zero-order valence-electron chi connectivity index (χ0n) is 10.3. The van der Waals surface area contributed by atoms with Crippen LogP contribution in [0.3, 0.4) is 0 Å². The van der Waals surface area contributed by atoms with Gasteiger partial charge in [0.15, 0.2) is 0 Å². The van der Waals surface area contributed by atoms with Gasteiger partial charge in [0.25, 0.3) is 0 Å². The predicted molar refractivity (Wildman–Crippen MR) is 66.1 cm³/mol. The predicted octanol–water partition coefficient (Wildman–Crippen LogP) is 2.02. The third kappa shape index (κ3) is 3.89. The van der Waals surface area contributed by atoms with Crippen molar-refractivity contribution in [2.75, 3.05) is 26.4 Å². The van der Waals surface area contributed by atoms with E-state index in [2.05, 4.69) is 0 Å². The minimum atomic E-state index is 0.292. The fourth-order valence-corrected chi connectivity index (χ4v) is 1.59. The van der Waals surface area contributed by atoms with Gasteiger partial charge in [-0.1, -0.05) is 0 Å². The third-order valence-corrected chi connectivity index (χ3v) is 2.89. The van der Waals surface area contributed by atoms with Crippen LogP contribution in [0.2, 0.25) is 0 Å². The SMILES string of the molecule is c1cc(OCC2CO2)ccc1OCCOC1CC1. The standard InChI is InChI=1S/C14H18O4/c1-2-11(1)15-7-8-16-12-3-5-13(6-4-12)17-9-14-10-18-14/h3-6,11,14H,1-2,7-10H2. The van der Waals surface area contributed by atoms with Crippen molar-refractivity contribution < 1.29 is 18.9 Å². The first-order chi connectivity index (χ1) is 8.90. The van der Waals surface area contributed by atoms with Gasteiger partial charge in [0.05, 0.1) is 19.3 Å². The van der Waals surface area contributed by atoms with Crippen LogP contribution < -0.4 is 9.47 Å². The smallest absolute Gasteiger partial charge is 0.119 e. The molecule has 1 saturated heterocycles. The lowest BCUT2D eigenvalue weighted by atomic mass is 10.3. The Kier molecular flexibility index (Phi) is 3.67. The van der Waals surface area contributed by atoms with Crippen molar-refractivity contribution in [2.24, 2.45) is 0 Å². The maximum atomic E-state index is 5.57. The Balaban J connectivity index is 1.35. The Hall–Kier alpha value is -1.26. The molecule has 0 bridgehead atoms. The van der Waals surface area contributed by atoms with Gasteiger partial charge in [-0.3, -0.25) is 0 Å². The van der Waals surface area contributed by atoms with E-state index in [1.165, 1.54) is 12.8 Å². The second-order valence-electron chi connectivity index (χ2n) is 4.66. The molecule has 0 radical (unpaired) electrons. The van der Waals surface area contributed by atoms with Gasteiger partial charge in [-0.05, 0) is 37.1 Å². The second kappa shape index (κ2) is 5.59. The highest BCUT2D eigenvalue weighted by Gasteiger charge is 2.23. The average Bonchev–Trinajstić information content (AvgIpc) is 3.28. The molecule has 4 heteroatoms. The van der Waals surface area contributed by atoms with Crippen molar-refractivity contribution in [2.45, 2.75) is 25.0 Å². The molecule has 4 nitrogen and oxygen atoms in total. The summed E-state index contributed by atoms with van der Waals surface area (Å²) in [6, 6.07) is 7.67. The summed E-state index contributed by atoms with van der Waals surface area (Å²) in [5, 5.41) is 0. The van der Waals surface area contributed by atoms with E-state index < -0.39 is 0 Å². The van der Waals surface area contributed by atoms with Crippen molar-refractivity contribution >= 4 is 0 Å². The van der Waals surface area contributed by atoms with Crippen LogP contribution >= 0.6 is 0 Å². The molecule has 0 spiro atoms. The highest BCUT2D eigenvalue weighted by Crippen LogP contribution is 2.23. The Morgan fingerprint density at radius 1 is 1.00 bits per heavy atom. The van der Waals surface area contributed by atoms with E-state index in [-0.39, 0.29) is 0 Å². The van der Waals surface area contributed by atoms with Crippen LogP contribution in [0.4, 0.5) is 0 Å². The van der Waals surface area contributed by atoms with Crippen molar-refractivity contribution in [1.29, 1.82) is 0 Å². The minimum Gasteiger partial charge on any atom is -0.491 e. The van der Waals surface area contributed by atoms with Gasteiger partial charge in [-0.2, -0.15) is 0 Å². The third-order valence-electron chi connectivity index (χ3n) is 2.89. The summed E-state index contributed by atoms with van der Waals surface area (Å²) >= 11 is 0. The van der Waals surface area contributed by atoms with E-state index in [1.54, 1.807) is 0 Å². The van der Waals surface area contributed by atoms with Crippen LogP contribution in [0.1, 0.15) is 12.8 Å². The Bertz CT molecular complexity index is 368. The molecule has 1 aliphatic carbocycles. The lowest BCUT2D eigenvalue weighted by Crippen LogP contribution is -2.07. The number of ether oxygens (including phenoxy) is 4. The summed E-state index contributed by atoms with van der Waals surface area (Å²) in [5.74, 6) is 1.71. The Morgan fingerprint density at radius 2 is 1.67 bits per heavy atom. The zero-order chi connectivity index (χ0) is 12.2. The highest BCUT2D eigenvalue weighted by molar-refractivity contribution is 5.31. The minimum absolute atomic E-state index is 0.292. The molecule has 0 aromatic heterocycles. The van der Waals surface area contributed by atoms with E-state index in [4.69, 9.17) is 18.9 Å². The molecular weight excluding hydrogens is 232 g/mol. The summed E-state index contributed by atoms with van der Waals surface area (Å²) in [6.45, 7) is 2.73. The van der Waals surface area contributed by atoms with Crippen LogP contribution in [0, 0.1) is 0 Å². The molecule has 1 heterocycles. The summed E-state index contributed by atoms with van der Waals surface area (Å²) in [4.78, 5) is 0. The van der Waals surface area contributed by atoms with Crippen LogP contribution in [-0.4, -0.2) is 38.6 Å². The molecule has 1 unspecified atom stereocenters. The average molecular weight is 250 g/mol. The molecule has 1 atom stereocenters. The summed E-state index contributed by atoms with van der Waals surface area (Å²) in [5.41, 5.74) is 0. The number of rotatable bonds is 8. The normalized spacial score (nSPS) is 21.7. The molecule has 98 valence electrons. The topological polar surface area (TPSA) is 40.2 Å². The maximum absolute atomic E-state index is 5.57. The molecule has 2 aliphatic rings. The molecule has 18 heavy (non-hydrogen) atoms. The first-order valence-corrected chi connectivity index (χ1v) is 6.49. The Morgan fingerprint density at radius 3 is 2.28 bits per heavy atom. The van der Waals surface area contributed by atoms with Gasteiger partial charge >= 0.3 is 0 Å². The summed E-state index contributed by atoms with van der Waals surface area (Å²) in [6.07, 6.45) is 3.20. The van der Waals surface area contributed by atoms with E-state index in [0.717, 1.165) is 18.1 Å². The van der Waals surface area contributed by atoms with Crippen LogP contribution in [-0.2, 0) is 9.47 Å². The summed E-state index contributed by atoms with van der Waals surface area (Å²) in [7, 11) is 0. The molecule has 0 amide bonds.